The molecular weight excluding hydrogens is 252 g/mol. The average molecular weight is 270 g/mol. The van der Waals surface area contributed by atoms with Gasteiger partial charge in [-0.3, -0.25) is 9.78 Å². The Kier molecular flexibility index (Phi) is 3.81. The zero-order valence-corrected chi connectivity index (χ0v) is 11.3. The molecule has 1 aliphatic carbocycles. The number of rotatable bonds is 4. The summed E-state index contributed by atoms with van der Waals surface area (Å²) in [6.07, 6.45) is 6.37. The molecule has 1 N–H and O–H groups in total. The maximum absolute atomic E-state index is 11.8. The van der Waals surface area contributed by atoms with Gasteiger partial charge >= 0.3 is 0 Å². The zero-order chi connectivity index (χ0) is 13.8. The topological polar surface area (TPSA) is 51.2 Å². The van der Waals surface area contributed by atoms with Gasteiger partial charge in [-0.05, 0) is 37.1 Å². The Morgan fingerprint density at radius 2 is 2.15 bits per heavy atom. The second-order valence-corrected chi connectivity index (χ2v) is 5.20. The third kappa shape index (κ3) is 3.07. The molecule has 1 amide bonds. The van der Waals surface area contributed by atoms with Crippen LogP contribution in [0.5, 0.6) is 5.75 Å². The van der Waals surface area contributed by atoms with E-state index in [1.54, 1.807) is 6.20 Å². The van der Waals surface area contributed by atoms with Crippen LogP contribution in [0.2, 0.25) is 0 Å². The number of pyridine rings is 1. The van der Waals surface area contributed by atoms with Crippen molar-refractivity contribution in [1.29, 1.82) is 0 Å². The molecule has 0 atom stereocenters. The molecule has 2 aromatic rings. The van der Waals surface area contributed by atoms with E-state index in [4.69, 9.17) is 4.74 Å². The lowest BCUT2D eigenvalue weighted by atomic mass is 10.2. The van der Waals surface area contributed by atoms with Gasteiger partial charge in [0.1, 0.15) is 5.75 Å². The monoisotopic (exact) mass is 270 g/mol. The Labute approximate surface area is 118 Å². The minimum absolute atomic E-state index is 0.0387. The molecule has 0 saturated heterocycles. The van der Waals surface area contributed by atoms with Crippen molar-refractivity contribution < 1.29 is 9.53 Å². The van der Waals surface area contributed by atoms with Crippen molar-refractivity contribution in [1.82, 2.24) is 10.3 Å². The first kappa shape index (κ1) is 12.9. The highest BCUT2D eigenvalue weighted by Gasteiger charge is 2.17. The summed E-state index contributed by atoms with van der Waals surface area (Å²) in [5.41, 5.74) is 0.926. The lowest BCUT2D eigenvalue weighted by molar-refractivity contribution is -0.123. The summed E-state index contributed by atoms with van der Waals surface area (Å²) < 4.78 is 5.55. The van der Waals surface area contributed by atoms with Gasteiger partial charge in [-0.15, -0.1) is 0 Å². The summed E-state index contributed by atoms with van der Waals surface area (Å²) >= 11 is 0. The van der Waals surface area contributed by atoms with Crippen LogP contribution in [0.25, 0.3) is 10.9 Å². The molecule has 20 heavy (non-hydrogen) atoms. The highest BCUT2D eigenvalue weighted by atomic mass is 16.5. The van der Waals surface area contributed by atoms with Gasteiger partial charge in [0, 0.05) is 17.6 Å². The molecule has 0 radical (unpaired) electrons. The van der Waals surface area contributed by atoms with Crippen LogP contribution in [-0.4, -0.2) is 23.5 Å². The summed E-state index contributed by atoms with van der Waals surface area (Å²) in [5.74, 6) is 0.662. The van der Waals surface area contributed by atoms with Gasteiger partial charge in [0.15, 0.2) is 6.61 Å². The summed E-state index contributed by atoms with van der Waals surface area (Å²) in [6, 6.07) is 9.86. The summed E-state index contributed by atoms with van der Waals surface area (Å²) in [4.78, 5) is 16.0. The van der Waals surface area contributed by atoms with Gasteiger partial charge in [-0.25, -0.2) is 0 Å². The van der Waals surface area contributed by atoms with E-state index in [1.807, 2.05) is 30.3 Å². The van der Waals surface area contributed by atoms with Crippen molar-refractivity contribution in [3.05, 3.63) is 36.5 Å². The fourth-order valence-corrected chi connectivity index (χ4v) is 2.63. The summed E-state index contributed by atoms with van der Waals surface area (Å²) in [7, 11) is 0. The number of nitrogens with zero attached hydrogens (tertiary/aromatic N) is 1. The number of ether oxygens (including phenoxy) is 1. The van der Waals surface area contributed by atoms with Crippen LogP contribution in [0.15, 0.2) is 36.5 Å². The average Bonchev–Trinajstić information content (AvgIpc) is 2.98. The minimum atomic E-state index is -0.0387. The van der Waals surface area contributed by atoms with Gasteiger partial charge in [-0.1, -0.05) is 18.9 Å². The van der Waals surface area contributed by atoms with E-state index in [0.717, 1.165) is 23.7 Å². The Balaban J connectivity index is 1.57. The second-order valence-electron chi connectivity index (χ2n) is 5.20. The first-order valence-electron chi connectivity index (χ1n) is 7.08. The Morgan fingerprint density at radius 3 is 3.00 bits per heavy atom. The van der Waals surface area contributed by atoms with E-state index in [1.165, 1.54) is 12.8 Å². The molecule has 104 valence electrons. The maximum Gasteiger partial charge on any atom is 0.258 e. The van der Waals surface area contributed by atoms with Gasteiger partial charge in [-0.2, -0.15) is 0 Å². The number of carbonyl (C=O) groups excluding carboxylic acids is 1. The van der Waals surface area contributed by atoms with Gasteiger partial charge < -0.3 is 10.1 Å². The van der Waals surface area contributed by atoms with E-state index in [9.17, 15) is 4.79 Å². The number of carbonyl (C=O) groups is 1. The van der Waals surface area contributed by atoms with Crippen molar-refractivity contribution in [2.24, 2.45) is 0 Å². The van der Waals surface area contributed by atoms with Crippen molar-refractivity contribution in [3.63, 3.8) is 0 Å². The van der Waals surface area contributed by atoms with Gasteiger partial charge in [0.2, 0.25) is 0 Å². The van der Waals surface area contributed by atoms with E-state index in [0.29, 0.717) is 11.8 Å². The predicted molar refractivity (Wildman–Crippen MR) is 77.6 cm³/mol. The molecule has 1 aromatic heterocycles. The standard InChI is InChI=1S/C16H18N2O2/c19-16(18-13-5-1-2-6-13)11-20-14-7-8-15-12(10-14)4-3-9-17-15/h3-4,7-10,13H,1-2,5-6,11H2,(H,18,19). The molecule has 1 heterocycles. The lowest BCUT2D eigenvalue weighted by Crippen LogP contribution is -2.36. The first-order valence-corrected chi connectivity index (χ1v) is 7.08. The number of hydrogen-bond donors (Lipinski definition) is 1. The van der Waals surface area contributed by atoms with Crippen LogP contribution < -0.4 is 10.1 Å². The summed E-state index contributed by atoms with van der Waals surface area (Å²) in [5, 5.41) is 4.02. The third-order valence-corrected chi connectivity index (χ3v) is 3.66. The molecule has 0 bridgehead atoms. The number of aromatic nitrogens is 1. The van der Waals surface area contributed by atoms with Crippen LogP contribution in [0.4, 0.5) is 0 Å². The molecule has 1 aromatic carbocycles. The lowest BCUT2D eigenvalue weighted by Gasteiger charge is -2.12. The Bertz CT molecular complexity index is 606. The molecule has 0 spiro atoms. The Morgan fingerprint density at radius 1 is 1.30 bits per heavy atom. The second kappa shape index (κ2) is 5.90. The number of benzene rings is 1. The number of fused-ring (bicyclic) bond motifs is 1. The molecule has 1 aliphatic rings. The zero-order valence-electron chi connectivity index (χ0n) is 11.3. The predicted octanol–water partition coefficient (Wildman–Crippen LogP) is 2.67. The number of amides is 1. The van der Waals surface area contributed by atoms with Crippen LogP contribution in [0.1, 0.15) is 25.7 Å². The molecule has 0 aliphatic heterocycles. The van der Waals surface area contributed by atoms with E-state index >= 15 is 0 Å². The molecule has 4 nitrogen and oxygen atoms in total. The molecule has 0 unspecified atom stereocenters. The Hall–Kier alpha value is -2.10. The van der Waals surface area contributed by atoms with Crippen molar-refractivity contribution in [2.75, 3.05) is 6.61 Å². The third-order valence-electron chi connectivity index (χ3n) is 3.66. The largest absolute Gasteiger partial charge is 0.484 e. The first-order chi connectivity index (χ1) is 9.81. The quantitative estimate of drug-likeness (QED) is 0.929. The molecular formula is C16H18N2O2. The van der Waals surface area contributed by atoms with Crippen molar-refractivity contribution in [3.8, 4) is 5.75 Å². The fraction of sp³-hybridized carbons (Fsp3) is 0.375. The normalized spacial score (nSPS) is 15.4. The van der Waals surface area contributed by atoms with E-state index < -0.39 is 0 Å². The number of nitrogens with one attached hydrogen (secondary N) is 1. The maximum atomic E-state index is 11.8. The minimum Gasteiger partial charge on any atom is -0.484 e. The van der Waals surface area contributed by atoms with Crippen LogP contribution in [-0.2, 0) is 4.79 Å². The van der Waals surface area contributed by atoms with Crippen LogP contribution in [0, 0.1) is 0 Å². The highest BCUT2D eigenvalue weighted by molar-refractivity contribution is 5.80. The fourth-order valence-electron chi connectivity index (χ4n) is 2.63. The van der Waals surface area contributed by atoms with Gasteiger partial charge in [0.05, 0.1) is 5.52 Å². The number of hydrogen-bond acceptors (Lipinski definition) is 3. The van der Waals surface area contributed by atoms with Crippen molar-refractivity contribution >= 4 is 16.8 Å². The SMILES string of the molecule is O=C(COc1ccc2ncccc2c1)NC1CCCC1. The summed E-state index contributed by atoms with van der Waals surface area (Å²) in [6.45, 7) is 0.0717. The van der Waals surface area contributed by atoms with Crippen molar-refractivity contribution in [2.45, 2.75) is 31.7 Å². The molecule has 1 fully saturated rings. The molecule has 3 rings (SSSR count). The highest BCUT2D eigenvalue weighted by Crippen LogP contribution is 2.19. The van der Waals surface area contributed by atoms with Crippen LogP contribution >= 0.6 is 0 Å². The molecule has 1 saturated carbocycles. The van der Waals surface area contributed by atoms with Crippen LogP contribution in [0.3, 0.4) is 0 Å². The van der Waals surface area contributed by atoms with Gasteiger partial charge in [0.25, 0.3) is 5.91 Å². The van der Waals surface area contributed by atoms with E-state index in [-0.39, 0.29) is 12.5 Å². The van der Waals surface area contributed by atoms with E-state index in [2.05, 4.69) is 10.3 Å². The molecule has 4 heteroatoms. The smallest absolute Gasteiger partial charge is 0.258 e.